The Morgan fingerprint density at radius 3 is 3.00 bits per heavy atom. The van der Waals surface area contributed by atoms with Crippen molar-refractivity contribution in [1.29, 1.82) is 0 Å². The van der Waals surface area contributed by atoms with Gasteiger partial charge in [0.25, 0.3) is 0 Å². The van der Waals surface area contributed by atoms with Crippen LogP contribution in [0.5, 0.6) is 0 Å². The molecule has 7 nitrogen and oxygen atoms in total. The molecule has 7 heteroatoms. The highest BCUT2D eigenvalue weighted by Gasteiger charge is 2.29. The van der Waals surface area contributed by atoms with Gasteiger partial charge in [-0.05, 0) is 12.8 Å². The summed E-state index contributed by atoms with van der Waals surface area (Å²) in [4.78, 5) is 16.7. The topological polar surface area (TPSA) is 88.7 Å². The van der Waals surface area contributed by atoms with Crippen molar-refractivity contribution in [3.8, 4) is 0 Å². The second kappa shape index (κ2) is 5.92. The van der Waals surface area contributed by atoms with Crippen LogP contribution < -0.4 is 0 Å². The number of aliphatic carboxylic acids is 1. The monoisotopic (exact) mass is 255 g/mol. The summed E-state index contributed by atoms with van der Waals surface area (Å²) in [5.41, 5.74) is 0. The summed E-state index contributed by atoms with van der Waals surface area (Å²) in [6.45, 7) is 1.26. The number of nitrogens with zero attached hydrogens (tertiary/aromatic N) is 3. The van der Waals surface area contributed by atoms with Crippen LogP contribution in [0.3, 0.4) is 0 Å². The fraction of sp³-hybridized carbons (Fsp3) is 0.727. The summed E-state index contributed by atoms with van der Waals surface area (Å²) >= 11 is 0. The van der Waals surface area contributed by atoms with Gasteiger partial charge in [0.05, 0.1) is 19.7 Å². The fourth-order valence-corrected chi connectivity index (χ4v) is 1.66. The standard InChI is InChI=1S/C11H17N3O4/c1-17-5-4-14(7-10(15)16)6-9-12-11(13-18-9)8-2-3-8/h8H,2-7H2,1H3,(H,15,16). The van der Waals surface area contributed by atoms with Gasteiger partial charge in [0.1, 0.15) is 0 Å². The zero-order valence-electron chi connectivity index (χ0n) is 10.3. The molecule has 0 unspecified atom stereocenters. The van der Waals surface area contributed by atoms with E-state index in [0.717, 1.165) is 18.7 Å². The molecule has 0 aliphatic heterocycles. The van der Waals surface area contributed by atoms with E-state index < -0.39 is 5.97 Å². The van der Waals surface area contributed by atoms with Crippen molar-refractivity contribution in [3.05, 3.63) is 11.7 Å². The lowest BCUT2D eigenvalue weighted by Gasteiger charge is -2.17. The highest BCUT2D eigenvalue weighted by Crippen LogP contribution is 2.38. The number of hydrogen-bond donors (Lipinski definition) is 1. The summed E-state index contributed by atoms with van der Waals surface area (Å²) in [6, 6.07) is 0. The zero-order chi connectivity index (χ0) is 13.0. The number of ether oxygens (including phenoxy) is 1. The van der Waals surface area contributed by atoms with Gasteiger partial charge in [-0.2, -0.15) is 4.98 Å². The van der Waals surface area contributed by atoms with E-state index in [1.807, 2.05) is 0 Å². The molecule has 1 aromatic heterocycles. The quantitative estimate of drug-likeness (QED) is 0.722. The number of carboxylic acids is 1. The minimum absolute atomic E-state index is 0.0650. The van der Waals surface area contributed by atoms with Crippen molar-refractivity contribution in [2.75, 3.05) is 26.8 Å². The van der Waals surface area contributed by atoms with E-state index in [-0.39, 0.29) is 6.54 Å². The molecule has 1 aliphatic carbocycles. The molecule has 1 heterocycles. The summed E-state index contributed by atoms with van der Waals surface area (Å²) in [7, 11) is 1.58. The molecule has 0 amide bonds. The van der Waals surface area contributed by atoms with Crippen LogP contribution in [0.1, 0.15) is 30.5 Å². The number of carbonyl (C=O) groups is 1. The molecule has 1 aliphatic rings. The average Bonchev–Trinajstić information content (AvgIpc) is 3.07. The lowest BCUT2D eigenvalue weighted by atomic mass is 10.4. The molecular formula is C11H17N3O4. The van der Waals surface area contributed by atoms with Crippen LogP contribution in [0.25, 0.3) is 0 Å². The van der Waals surface area contributed by atoms with Crippen LogP contribution in [0.15, 0.2) is 4.52 Å². The van der Waals surface area contributed by atoms with Crippen LogP contribution in [0.2, 0.25) is 0 Å². The van der Waals surface area contributed by atoms with E-state index in [1.54, 1.807) is 12.0 Å². The Morgan fingerprint density at radius 1 is 1.61 bits per heavy atom. The summed E-state index contributed by atoms with van der Waals surface area (Å²) in [6.07, 6.45) is 2.23. The zero-order valence-corrected chi connectivity index (χ0v) is 10.3. The third-order valence-electron chi connectivity index (χ3n) is 2.76. The smallest absolute Gasteiger partial charge is 0.317 e. The first-order valence-electron chi connectivity index (χ1n) is 5.94. The molecule has 18 heavy (non-hydrogen) atoms. The maximum atomic E-state index is 10.7. The Hall–Kier alpha value is -1.47. The van der Waals surface area contributed by atoms with Crippen LogP contribution >= 0.6 is 0 Å². The minimum Gasteiger partial charge on any atom is -0.480 e. The van der Waals surface area contributed by atoms with Crippen LogP contribution in [0, 0.1) is 0 Å². The fourth-order valence-electron chi connectivity index (χ4n) is 1.66. The van der Waals surface area contributed by atoms with Crippen molar-refractivity contribution < 1.29 is 19.2 Å². The number of methoxy groups -OCH3 is 1. The van der Waals surface area contributed by atoms with E-state index in [0.29, 0.717) is 31.5 Å². The Balaban J connectivity index is 1.90. The largest absolute Gasteiger partial charge is 0.480 e. The van der Waals surface area contributed by atoms with Gasteiger partial charge in [-0.25, -0.2) is 0 Å². The molecule has 1 fully saturated rings. The van der Waals surface area contributed by atoms with Gasteiger partial charge in [0.15, 0.2) is 5.82 Å². The third kappa shape index (κ3) is 3.78. The first-order chi connectivity index (χ1) is 8.69. The van der Waals surface area contributed by atoms with E-state index >= 15 is 0 Å². The second-order valence-corrected chi connectivity index (χ2v) is 4.42. The van der Waals surface area contributed by atoms with Gasteiger partial charge in [0.2, 0.25) is 5.89 Å². The SMILES string of the molecule is COCCN(CC(=O)O)Cc1nc(C2CC2)no1. The van der Waals surface area contributed by atoms with E-state index in [9.17, 15) is 4.79 Å². The van der Waals surface area contributed by atoms with Gasteiger partial charge in [-0.15, -0.1) is 0 Å². The van der Waals surface area contributed by atoms with Crippen LogP contribution in [-0.2, 0) is 16.1 Å². The lowest BCUT2D eigenvalue weighted by Crippen LogP contribution is -2.32. The number of carboxylic acid groups (broad SMARTS) is 1. The highest BCUT2D eigenvalue weighted by molar-refractivity contribution is 5.69. The first-order valence-corrected chi connectivity index (χ1v) is 5.94. The molecule has 0 spiro atoms. The number of rotatable bonds is 8. The number of hydrogen-bond acceptors (Lipinski definition) is 6. The van der Waals surface area contributed by atoms with Crippen molar-refractivity contribution in [3.63, 3.8) is 0 Å². The molecule has 100 valence electrons. The maximum Gasteiger partial charge on any atom is 0.317 e. The molecule has 0 bridgehead atoms. The summed E-state index contributed by atoms with van der Waals surface area (Å²) in [5, 5.41) is 12.7. The van der Waals surface area contributed by atoms with Gasteiger partial charge < -0.3 is 14.4 Å². The molecule has 0 radical (unpaired) electrons. The Bertz CT molecular complexity index is 403. The Kier molecular flexibility index (Phi) is 4.27. The van der Waals surface area contributed by atoms with Crippen molar-refractivity contribution in [2.45, 2.75) is 25.3 Å². The Morgan fingerprint density at radius 2 is 2.39 bits per heavy atom. The Labute approximate surface area is 105 Å². The van der Waals surface area contributed by atoms with Gasteiger partial charge in [-0.1, -0.05) is 5.16 Å². The van der Waals surface area contributed by atoms with E-state index in [2.05, 4.69) is 10.1 Å². The predicted molar refractivity (Wildman–Crippen MR) is 61.1 cm³/mol. The van der Waals surface area contributed by atoms with Gasteiger partial charge in [-0.3, -0.25) is 9.69 Å². The minimum atomic E-state index is -0.881. The number of aromatic nitrogens is 2. The van der Waals surface area contributed by atoms with E-state index in [1.165, 1.54) is 0 Å². The summed E-state index contributed by atoms with van der Waals surface area (Å²) < 4.78 is 10.1. The first kappa shape index (κ1) is 13.0. The highest BCUT2D eigenvalue weighted by atomic mass is 16.5. The second-order valence-electron chi connectivity index (χ2n) is 4.42. The lowest BCUT2D eigenvalue weighted by molar-refractivity contribution is -0.138. The van der Waals surface area contributed by atoms with Crippen molar-refractivity contribution in [2.24, 2.45) is 0 Å². The molecule has 2 rings (SSSR count). The molecule has 1 aromatic rings. The molecule has 1 N–H and O–H groups in total. The molecule has 0 aromatic carbocycles. The van der Waals surface area contributed by atoms with Crippen molar-refractivity contribution >= 4 is 5.97 Å². The summed E-state index contributed by atoms with van der Waals surface area (Å²) in [5.74, 6) is 0.767. The average molecular weight is 255 g/mol. The molecule has 1 saturated carbocycles. The predicted octanol–water partition coefficient (Wildman–Crippen LogP) is 0.480. The molecule has 0 saturated heterocycles. The van der Waals surface area contributed by atoms with Crippen molar-refractivity contribution in [1.82, 2.24) is 15.0 Å². The van der Waals surface area contributed by atoms with E-state index in [4.69, 9.17) is 14.4 Å². The third-order valence-corrected chi connectivity index (χ3v) is 2.76. The molecule has 0 atom stereocenters. The normalized spacial score (nSPS) is 15.2. The maximum absolute atomic E-state index is 10.7. The van der Waals surface area contributed by atoms with Gasteiger partial charge in [0, 0.05) is 19.6 Å². The molecular weight excluding hydrogens is 238 g/mol. The van der Waals surface area contributed by atoms with Crippen LogP contribution in [0.4, 0.5) is 0 Å². The van der Waals surface area contributed by atoms with Crippen LogP contribution in [-0.4, -0.2) is 52.9 Å². The van der Waals surface area contributed by atoms with Gasteiger partial charge >= 0.3 is 5.97 Å².